The quantitative estimate of drug-likeness (QED) is 0.759. The van der Waals surface area contributed by atoms with E-state index in [4.69, 9.17) is 5.73 Å². The van der Waals surface area contributed by atoms with Crippen molar-refractivity contribution >= 4 is 5.69 Å². The van der Waals surface area contributed by atoms with Crippen LogP contribution in [0.15, 0.2) is 24.5 Å². The van der Waals surface area contributed by atoms with E-state index in [0.717, 1.165) is 24.2 Å². The van der Waals surface area contributed by atoms with Gasteiger partial charge < -0.3 is 5.73 Å². The smallest absolute Gasteiger partial charge is 0.116 e. The second-order valence-corrected chi connectivity index (χ2v) is 4.58. The molecule has 0 unspecified atom stereocenters. The van der Waals surface area contributed by atoms with Gasteiger partial charge in [-0.3, -0.25) is 0 Å². The molecule has 17 heavy (non-hydrogen) atoms. The van der Waals surface area contributed by atoms with Gasteiger partial charge in [-0.2, -0.15) is 0 Å². The van der Waals surface area contributed by atoms with Gasteiger partial charge in [0.1, 0.15) is 6.33 Å². The molecular formula is C14H15N3. The number of nitrogens with zero attached hydrogens (tertiary/aromatic N) is 2. The van der Waals surface area contributed by atoms with Crippen LogP contribution in [-0.4, -0.2) is 9.97 Å². The van der Waals surface area contributed by atoms with E-state index >= 15 is 0 Å². The molecule has 2 aromatic rings. The predicted molar refractivity (Wildman–Crippen MR) is 68.6 cm³/mol. The van der Waals surface area contributed by atoms with E-state index in [-0.39, 0.29) is 0 Å². The van der Waals surface area contributed by atoms with Gasteiger partial charge in [-0.15, -0.1) is 0 Å². The number of nitrogens with two attached hydrogens (primary N) is 1. The van der Waals surface area contributed by atoms with Gasteiger partial charge in [-0.05, 0) is 43.9 Å². The molecule has 86 valence electrons. The number of nitrogen functional groups attached to an aromatic ring is 1. The Hall–Kier alpha value is -1.90. The summed E-state index contributed by atoms with van der Waals surface area (Å²) in [5, 5.41) is 0. The van der Waals surface area contributed by atoms with Crippen molar-refractivity contribution in [1.82, 2.24) is 9.97 Å². The summed E-state index contributed by atoms with van der Waals surface area (Å²) in [5.41, 5.74) is 12.6. The molecule has 0 radical (unpaired) electrons. The first kappa shape index (κ1) is 10.3. The molecule has 0 atom stereocenters. The Morgan fingerprint density at radius 1 is 1.18 bits per heavy atom. The van der Waals surface area contributed by atoms with Crippen LogP contribution in [0.1, 0.15) is 23.2 Å². The van der Waals surface area contributed by atoms with Crippen molar-refractivity contribution in [2.75, 3.05) is 5.73 Å². The molecule has 3 rings (SSSR count). The fraction of sp³-hybridized carbons (Fsp3) is 0.286. The molecule has 1 aliphatic rings. The highest BCUT2D eigenvalue weighted by Crippen LogP contribution is 2.31. The van der Waals surface area contributed by atoms with Crippen molar-refractivity contribution in [3.8, 4) is 11.3 Å². The van der Waals surface area contributed by atoms with Crippen molar-refractivity contribution in [3.05, 3.63) is 41.3 Å². The molecule has 0 fully saturated rings. The van der Waals surface area contributed by atoms with E-state index in [2.05, 4.69) is 23.0 Å². The maximum Gasteiger partial charge on any atom is 0.116 e. The Kier molecular flexibility index (Phi) is 2.32. The molecule has 2 N–H and O–H groups in total. The number of hydrogen-bond acceptors (Lipinski definition) is 3. The van der Waals surface area contributed by atoms with E-state index in [1.807, 2.05) is 12.1 Å². The lowest BCUT2D eigenvalue weighted by atomic mass is 10.0. The summed E-state index contributed by atoms with van der Waals surface area (Å²) in [4.78, 5) is 8.82. The zero-order valence-corrected chi connectivity index (χ0v) is 9.90. The second-order valence-electron chi connectivity index (χ2n) is 4.58. The highest BCUT2D eigenvalue weighted by Gasteiger charge is 2.18. The number of aryl methyl sites for hydroxylation is 2. The molecule has 0 amide bonds. The van der Waals surface area contributed by atoms with Crippen molar-refractivity contribution in [2.45, 2.75) is 26.2 Å². The fourth-order valence-electron chi connectivity index (χ4n) is 2.54. The number of hydrogen-bond donors (Lipinski definition) is 1. The summed E-state index contributed by atoms with van der Waals surface area (Å²) in [6, 6.07) is 6.00. The summed E-state index contributed by atoms with van der Waals surface area (Å²) in [5.74, 6) is 0. The molecule has 1 aliphatic carbocycles. The predicted octanol–water partition coefficient (Wildman–Crippen LogP) is 2.52. The first-order valence-electron chi connectivity index (χ1n) is 5.95. The van der Waals surface area contributed by atoms with Gasteiger partial charge in [0.2, 0.25) is 0 Å². The highest BCUT2D eigenvalue weighted by molar-refractivity contribution is 5.70. The van der Waals surface area contributed by atoms with Gasteiger partial charge in [-0.1, -0.05) is 6.07 Å². The SMILES string of the molecule is Cc1cc(N)ccc1-c1ncnc2c1CCC2. The third-order valence-corrected chi connectivity index (χ3v) is 3.38. The molecule has 0 saturated heterocycles. The fourth-order valence-corrected chi connectivity index (χ4v) is 2.54. The van der Waals surface area contributed by atoms with Crippen LogP contribution < -0.4 is 5.73 Å². The molecule has 0 saturated carbocycles. The minimum atomic E-state index is 0.803. The monoisotopic (exact) mass is 225 g/mol. The van der Waals surface area contributed by atoms with Crippen LogP contribution >= 0.6 is 0 Å². The van der Waals surface area contributed by atoms with Crippen LogP contribution in [-0.2, 0) is 12.8 Å². The number of rotatable bonds is 1. The number of benzene rings is 1. The van der Waals surface area contributed by atoms with E-state index in [1.165, 1.54) is 28.8 Å². The summed E-state index contributed by atoms with van der Waals surface area (Å²) >= 11 is 0. The van der Waals surface area contributed by atoms with Crippen molar-refractivity contribution < 1.29 is 0 Å². The van der Waals surface area contributed by atoms with E-state index in [0.29, 0.717) is 0 Å². The summed E-state index contributed by atoms with van der Waals surface area (Å²) in [7, 11) is 0. The van der Waals surface area contributed by atoms with Crippen molar-refractivity contribution in [2.24, 2.45) is 0 Å². The average Bonchev–Trinajstić information content (AvgIpc) is 2.77. The number of aromatic nitrogens is 2. The molecule has 0 aliphatic heterocycles. The van der Waals surface area contributed by atoms with E-state index in [9.17, 15) is 0 Å². The topological polar surface area (TPSA) is 51.8 Å². The third kappa shape index (κ3) is 1.68. The molecule has 1 aromatic carbocycles. The molecule has 1 aromatic heterocycles. The molecular weight excluding hydrogens is 210 g/mol. The van der Waals surface area contributed by atoms with Crippen LogP contribution in [0.3, 0.4) is 0 Å². The van der Waals surface area contributed by atoms with Crippen LogP contribution in [0.25, 0.3) is 11.3 Å². The van der Waals surface area contributed by atoms with Crippen LogP contribution in [0.2, 0.25) is 0 Å². The van der Waals surface area contributed by atoms with Gasteiger partial charge >= 0.3 is 0 Å². The Bertz CT molecular complexity index is 576. The Morgan fingerprint density at radius 3 is 2.88 bits per heavy atom. The summed E-state index contributed by atoms with van der Waals surface area (Å²) in [6.07, 6.45) is 5.04. The first-order valence-corrected chi connectivity index (χ1v) is 5.95. The highest BCUT2D eigenvalue weighted by atomic mass is 14.8. The summed E-state index contributed by atoms with van der Waals surface area (Å²) < 4.78 is 0. The third-order valence-electron chi connectivity index (χ3n) is 3.38. The van der Waals surface area contributed by atoms with Crippen molar-refractivity contribution in [1.29, 1.82) is 0 Å². The zero-order valence-electron chi connectivity index (χ0n) is 9.90. The molecule has 0 spiro atoms. The maximum absolute atomic E-state index is 5.79. The lowest BCUT2D eigenvalue weighted by Gasteiger charge is -2.10. The Labute approximate surface area is 101 Å². The lowest BCUT2D eigenvalue weighted by molar-refractivity contribution is 0.899. The molecule has 0 bridgehead atoms. The minimum Gasteiger partial charge on any atom is -0.399 e. The van der Waals surface area contributed by atoms with Crippen LogP contribution in [0, 0.1) is 6.92 Å². The van der Waals surface area contributed by atoms with Crippen molar-refractivity contribution in [3.63, 3.8) is 0 Å². The molecule has 3 heteroatoms. The maximum atomic E-state index is 5.79. The zero-order chi connectivity index (χ0) is 11.8. The van der Waals surface area contributed by atoms with Gasteiger partial charge in [-0.25, -0.2) is 9.97 Å². The van der Waals surface area contributed by atoms with E-state index < -0.39 is 0 Å². The first-order chi connectivity index (χ1) is 8.25. The number of fused-ring (bicyclic) bond motifs is 1. The summed E-state index contributed by atoms with van der Waals surface area (Å²) in [6.45, 7) is 2.08. The average molecular weight is 225 g/mol. The molecule has 3 nitrogen and oxygen atoms in total. The van der Waals surface area contributed by atoms with Crippen LogP contribution in [0.4, 0.5) is 5.69 Å². The Balaban J connectivity index is 2.19. The van der Waals surface area contributed by atoms with E-state index in [1.54, 1.807) is 6.33 Å². The largest absolute Gasteiger partial charge is 0.399 e. The minimum absolute atomic E-state index is 0.803. The van der Waals surface area contributed by atoms with Gasteiger partial charge in [0, 0.05) is 22.5 Å². The lowest BCUT2D eigenvalue weighted by Crippen LogP contribution is -1.97. The van der Waals surface area contributed by atoms with Gasteiger partial charge in [0.25, 0.3) is 0 Å². The Morgan fingerprint density at radius 2 is 2.06 bits per heavy atom. The normalized spacial score (nSPS) is 13.7. The second kappa shape index (κ2) is 3.84. The van der Waals surface area contributed by atoms with Crippen LogP contribution in [0.5, 0.6) is 0 Å². The van der Waals surface area contributed by atoms with Gasteiger partial charge in [0.05, 0.1) is 5.69 Å². The number of anilines is 1. The molecule has 1 heterocycles. The standard InChI is InChI=1S/C14H15N3/c1-9-7-10(15)5-6-11(9)14-12-3-2-4-13(12)16-8-17-14/h5-8H,2-4,15H2,1H3. The van der Waals surface area contributed by atoms with Gasteiger partial charge in [0.15, 0.2) is 0 Å².